The molecule has 3 atom stereocenters. The van der Waals surface area contributed by atoms with Crippen LogP contribution in [0, 0.1) is 6.92 Å². The number of aromatic amines is 1. The van der Waals surface area contributed by atoms with Gasteiger partial charge < -0.3 is 14.2 Å². The molecule has 0 amide bonds. The van der Waals surface area contributed by atoms with E-state index in [9.17, 15) is 14.2 Å². The van der Waals surface area contributed by atoms with Crippen molar-refractivity contribution in [2.75, 3.05) is 6.16 Å². The molecule has 1 aromatic heterocycles. The SMILES string of the molecule is [B]P(=O)(O)CC[C@@H]1C=C[C@H](n2cc(C)c(=O)[nH]c2=O)O1. The third-order valence-electron chi connectivity index (χ3n) is 2.96. The summed E-state index contributed by atoms with van der Waals surface area (Å²) in [6.07, 6.45) is 3.97. The highest BCUT2D eigenvalue weighted by Gasteiger charge is 2.23. The van der Waals surface area contributed by atoms with Gasteiger partial charge in [0, 0.05) is 17.9 Å². The van der Waals surface area contributed by atoms with E-state index in [1.54, 1.807) is 19.1 Å². The molecule has 1 unspecified atom stereocenters. The Labute approximate surface area is 116 Å². The van der Waals surface area contributed by atoms with Crippen LogP contribution in [-0.4, -0.2) is 34.3 Å². The van der Waals surface area contributed by atoms with Crippen molar-refractivity contribution in [3.63, 3.8) is 0 Å². The molecule has 0 aliphatic carbocycles. The topological polar surface area (TPSA) is 101 Å². The van der Waals surface area contributed by atoms with Crippen LogP contribution in [0.15, 0.2) is 27.9 Å². The van der Waals surface area contributed by atoms with Gasteiger partial charge in [0.25, 0.3) is 5.56 Å². The highest BCUT2D eigenvalue weighted by molar-refractivity contribution is 7.82. The number of H-pyrrole nitrogens is 1. The van der Waals surface area contributed by atoms with Crippen LogP contribution in [0.3, 0.4) is 0 Å². The molecule has 0 saturated carbocycles. The summed E-state index contributed by atoms with van der Waals surface area (Å²) in [7, 11) is 1.49. The Kier molecular flexibility index (Phi) is 4.18. The summed E-state index contributed by atoms with van der Waals surface area (Å²) in [6, 6.07) is 0. The summed E-state index contributed by atoms with van der Waals surface area (Å²) in [4.78, 5) is 34.2. The van der Waals surface area contributed by atoms with E-state index in [4.69, 9.17) is 17.2 Å². The van der Waals surface area contributed by atoms with Crippen LogP contribution in [0.25, 0.3) is 0 Å². The fourth-order valence-electron chi connectivity index (χ4n) is 1.90. The van der Waals surface area contributed by atoms with E-state index in [0.29, 0.717) is 5.56 Å². The van der Waals surface area contributed by atoms with Gasteiger partial charge in [-0.2, -0.15) is 0 Å². The van der Waals surface area contributed by atoms with E-state index in [0.717, 1.165) is 0 Å². The lowest BCUT2D eigenvalue weighted by Crippen LogP contribution is -2.33. The Morgan fingerprint density at radius 2 is 2.20 bits per heavy atom. The second-order valence-corrected chi connectivity index (χ2v) is 6.66. The van der Waals surface area contributed by atoms with Gasteiger partial charge in [0.15, 0.2) is 6.23 Å². The van der Waals surface area contributed by atoms with Gasteiger partial charge in [0.1, 0.15) is 7.25 Å². The van der Waals surface area contributed by atoms with Crippen LogP contribution in [0.4, 0.5) is 0 Å². The largest absolute Gasteiger partial charge is 0.352 e. The van der Waals surface area contributed by atoms with Crippen molar-refractivity contribution >= 4 is 14.8 Å². The number of ether oxygens (including phenoxy) is 1. The van der Waals surface area contributed by atoms with Gasteiger partial charge in [-0.3, -0.25) is 14.3 Å². The first-order valence-electron chi connectivity index (χ1n) is 6.02. The molecule has 2 N–H and O–H groups in total. The number of rotatable bonds is 4. The highest BCUT2D eigenvalue weighted by atomic mass is 31.2. The first-order valence-corrected chi connectivity index (χ1v) is 7.94. The fourth-order valence-corrected chi connectivity index (χ4v) is 2.52. The second-order valence-electron chi connectivity index (χ2n) is 4.70. The molecule has 2 radical (unpaired) electrons. The summed E-state index contributed by atoms with van der Waals surface area (Å²) < 4.78 is 17.8. The Hall–Kier alpha value is -1.37. The summed E-state index contributed by atoms with van der Waals surface area (Å²) in [5.74, 6) is 0. The van der Waals surface area contributed by atoms with Crippen molar-refractivity contribution in [3.8, 4) is 0 Å². The minimum absolute atomic E-state index is 0.0612. The predicted octanol–water partition coefficient (Wildman–Crippen LogP) is 0.0426. The van der Waals surface area contributed by atoms with Gasteiger partial charge in [-0.25, -0.2) is 4.79 Å². The molecular formula is C11H14BN2O5P. The molecule has 1 aliphatic heterocycles. The lowest BCUT2D eigenvalue weighted by molar-refractivity contribution is 0.0141. The number of hydrogen-bond donors (Lipinski definition) is 2. The van der Waals surface area contributed by atoms with Gasteiger partial charge in [-0.1, -0.05) is 6.08 Å². The van der Waals surface area contributed by atoms with Crippen LogP contribution in [0.2, 0.25) is 0 Å². The molecule has 1 aromatic rings. The van der Waals surface area contributed by atoms with Crippen molar-refractivity contribution in [1.29, 1.82) is 0 Å². The van der Waals surface area contributed by atoms with Crippen LogP contribution in [-0.2, 0) is 9.30 Å². The van der Waals surface area contributed by atoms with Crippen LogP contribution in [0.1, 0.15) is 18.2 Å². The molecule has 0 fully saturated rings. The minimum atomic E-state index is -3.56. The maximum absolute atomic E-state index is 11.7. The third kappa shape index (κ3) is 3.59. The average Bonchev–Trinajstić information content (AvgIpc) is 2.79. The molecule has 1 aliphatic rings. The maximum atomic E-state index is 11.7. The zero-order valence-corrected chi connectivity index (χ0v) is 11.7. The van der Waals surface area contributed by atoms with Gasteiger partial charge in [0.2, 0.25) is 7.57 Å². The average molecular weight is 296 g/mol. The smallest absolute Gasteiger partial charge is 0.330 e. The molecule has 7 nitrogen and oxygen atoms in total. The number of aromatic nitrogens is 2. The van der Waals surface area contributed by atoms with Crippen molar-refractivity contribution in [2.45, 2.75) is 25.7 Å². The maximum Gasteiger partial charge on any atom is 0.330 e. The minimum Gasteiger partial charge on any atom is -0.352 e. The van der Waals surface area contributed by atoms with E-state index < -0.39 is 24.7 Å². The third-order valence-corrected chi connectivity index (χ3v) is 3.86. The Balaban J connectivity index is 2.09. The number of nitrogens with zero attached hydrogens (tertiary/aromatic N) is 1. The quantitative estimate of drug-likeness (QED) is 0.464. The molecule has 2 heterocycles. The lowest BCUT2D eigenvalue weighted by Gasteiger charge is -2.17. The standard InChI is InChI=1S/C11H14BN2O5P/c1-7-6-14(11(16)13-10(7)15)9-3-2-8(19-9)4-5-20(12,17)18/h2-3,6,8-9H,4-5H2,1H3,(H,17,18)(H,13,15,16)/t8-,9+/m0/s1. The normalized spacial score (nSPS) is 24.7. The van der Waals surface area contributed by atoms with E-state index in [1.807, 2.05) is 0 Å². The first kappa shape index (κ1) is 15.0. The first-order chi connectivity index (χ1) is 9.26. The lowest BCUT2D eigenvalue weighted by atomic mass is 10.3. The van der Waals surface area contributed by atoms with E-state index in [2.05, 4.69) is 4.98 Å². The van der Waals surface area contributed by atoms with Gasteiger partial charge in [-0.15, -0.1) is 0 Å². The van der Waals surface area contributed by atoms with Crippen molar-refractivity contribution in [2.24, 2.45) is 0 Å². The molecule has 20 heavy (non-hydrogen) atoms. The summed E-state index contributed by atoms with van der Waals surface area (Å²) in [6.45, 7) is 1.58. The zero-order valence-electron chi connectivity index (χ0n) is 10.9. The Bertz CT molecular complexity index is 689. The second kappa shape index (κ2) is 5.56. The van der Waals surface area contributed by atoms with Crippen LogP contribution < -0.4 is 11.2 Å². The summed E-state index contributed by atoms with van der Waals surface area (Å²) in [5, 5.41) is 0. The van der Waals surface area contributed by atoms with E-state index in [-0.39, 0.29) is 18.7 Å². The van der Waals surface area contributed by atoms with Crippen LogP contribution in [0.5, 0.6) is 0 Å². The predicted molar refractivity (Wildman–Crippen MR) is 74.2 cm³/mol. The fraction of sp³-hybridized carbons (Fsp3) is 0.455. The number of hydrogen-bond acceptors (Lipinski definition) is 4. The van der Waals surface area contributed by atoms with Crippen molar-refractivity contribution in [3.05, 3.63) is 44.8 Å². The van der Waals surface area contributed by atoms with Crippen molar-refractivity contribution < 1.29 is 14.2 Å². The summed E-state index contributed by atoms with van der Waals surface area (Å²) >= 11 is 0. The number of aryl methyl sites for hydroxylation is 1. The Morgan fingerprint density at radius 3 is 2.85 bits per heavy atom. The molecule has 9 heteroatoms. The zero-order chi connectivity index (χ0) is 14.9. The molecule has 0 saturated heterocycles. The van der Waals surface area contributed by atoms with Crippen LogP contribution >= 0.6 is 7.25 Å². The molecule has 106 valence electrons. The monoisotopic (exact) mass is 296 g/mol. The Morgan fingerprint density at radius 1 is 1.50 bits per heavy atom. The van der Waals surface area contributed by atoms with E-state index >= 15 is 0 Å². The highest BCUT2D eigenvalue weighted by Crippen LogP contribution is 2.36. The molecule has 0 aromatic carbocycles. The molecule has 0 bridgehead atoms. The van der Waals surface area contributed by atoms with Gasteiger partial charge >= 0.3 is 5.69 Å². The molecule has 0 spiro atoms. The summed E-state index contributed by atoms with van der Waals surface area (Å²) in [5.41, 5.74) is -0.608. The van der Waals surface area contributed by atoms with Crippen molar-refractivity contribution in [1.82, 2.24) is 9.55 Å². The molecular weight excluding hydrogens is 282 g/mol. The van der Waals surface area contributed by atoms with Gasteiger partial charge in [-0.05, 0) is 19.4 Å². The molecule has 2 rings (SSSR count). The number of nitrogens with one attached hydrogen (secondary N) is 1. The van der Waals surface area contributed by atoms with Gasteiger partial charge in [0.05, 0.1) is 6.10 Å². The van der Waals surface area contributed by atoms with E-state index in [1.165, 1.54) is 10.8 Å².